The number of carbonyl (C=O) groups is 4. The van der Waals surface area contributed by atoms with Crippen molar-refractivity contribution >= 4 is 40.8 Å². The van der Waals surface area contributed by atoms with E-state index in [0.29, 0.717) is 17.2 Å². The largest absolute Gasteiger partial charge is 0.508 e. The minimum absolute atomic E-state index is 0.0327. The second-order valence-electron chi connectivity index (χ2n) is 11.5. The van der Waals surface area contributed by atoms with Crippen molar-refractivity contribution < 1.29 is 46.9 Å². The van der Waals surface area contributed by atoms with Crippen LogP contribution in [0.5, 0.6) is 17.2 Å². The molecule has 240 valence electrons. The van der Waals surface area contributed by atoms with Crippen molar-refractivity contribution in [3.05, 3.63) is 75.0 Å². The Bertz CT molecular complexity index is 1810. The molecule has 0 radical (unpaired) electrons. The van der Waals surface area contributed by atoms with Crippen LogP contribution in [0.2, 0.25) is 5.02 Å². The minimum Gasteiger partial charge on any atom is -0.508 e. The molecule has 0 saturated carbocycles. The second-order valence-corrected chi connectivity index (χ2v) is 11.9. The predicted octanol–water partition coefficient (Wildman–Crippen LogP) is 4.96. The minimum atomic E-state index is -4.80. The highest BCUT2D eigenvalue weighted by Crippen LogP contribution is 2.58. The Kier molecular flexibility index (Phi) is 7.50. The van der Waals surface area contributed by atoms with Crippen LogP contribution in [-0.2, 0) is 25.4 Å². The normalized spacial score (nSPS) is 24.3. The molecule has 0 spiro atoms. The predicted molar refractivity (Wildman–Crippen MR) is 157 cm³/mol. The summed E-state index contributed by atoms with van der Waals surface area (Å²) in [5, 5.41) is 11.8. The average molecular weight is 658 g/mol. The van der Waals surface area contributed by atoms with Crippen molar-refractivity contribution in [2.24, 2.45) is 17.8 Å². The summed E-state index contributed by atoms with van der Waals surface area (Å²) in [6, 6.07) is 4.37. The van der Waals surface area contributed by atoms with Crippen LogP contribution in [0.4, 0.5) is 19.0 Å². The number of anilines is 1. The van der Waals surface area contributed by atoms with Crippen LogP contribution in [-0.4, -0.2) is 59.7 Å². The molecule has 10 nitrogen and oxygen atoms in total. The third-order valence-corrected chi connectivity index (χ3v) is 9.38. The first-order chi connectivity index (χ1) is 21.7. The molecule has 0 unspecified atom stereocenters. The van der Waals surface area contributed by atoms with Gasteiger partial charge in [-0.1, -0.05) is 23.3 Å². The van der Waals surface area contributed by atoms with E-state index in [0.717, 1.165) is 16.1 Å². The maximum absolute atomic E-state index is 14.2. The fraction of sp³-hybridized carbons (Fsp3) is 0.344. The SMILES string of the molecule is COc1cc(O)cc(OC)c1[C@H]1C2=CC[C@@H]3C(=O)N(N(C)c4nc(C(F)(F)F)ccc4Cl)C(=O)[C@@H]3[C@@H]2CC2=C1C(=O)C(C)=CC2=O. The van der Waals surface area contributed by atoms with E-state index >= 15 is 0 Å². The van der Waals surface area contributed by atoms with Gasteiger partial charge in [0, 0.05) is 47.4 Å². The van der Waals surface area contributed by atoms with Crippen molar-refractivity contribution in [3.8, 4) is 17.2 Å². The smallest absolute Gasteiger partial charge is 0.433 e. The summed E-state index contributed by atoms with van der Waals surface area (Å²) in [7, 11) is 3.97. The van der Waals surface area contributed by atoms with Crippen molar-refractivity contribution in [1.82, 2.24) is 9.99 Å². The number of methoxy groups -OCH3 is 2. The first-order valence-electron chi connectivity index (χ1n) is 14.2. The van der Waals surface area contributed by atoms with E-state index in [2.05, 4.69) is 4.98 Å². The van der Waals surface area contributed by atoms with Gasteiger partial charge in [0.25, 0.3) is 11.8 Å². The fourth-order valence-corrected chi connectivity index (χ4v) is 7.32. The molecule has 1 N–H and O–H groups in total. The Morgan fingerprint density at radius 1 is 1.04 bits per heavy atom. The Morgan fingerprint density at radius 2 is 1.70 bits per heavy atom. The number of Topliss-reactive ketones (excluding diaryl/α,β-unsaturated/α-hetero) is 1. The standard InChI is InChI=1S/C32H27ClF3N3O7/c1-13-9-20(41)18-12-17-15(25(26(18)28(13)42)27-21(45-3)10-14(40)11-22(27)46-4)5-6-16-24(17)31(44)39(30(16)43)38(2)29-19(33)7-8-23(37-29)32(34,35)36/h5,7-11,16-17,24-25,40H,6,12H2,1-4H3/t16-,17+,24-,25-/m0/s1. The summed E-state index contributed by atoms with van der Waals surface area (Å²) >= 11 is 6.20. The summed E-state index contributed by atoms with van der Waals surface area (Å²) in [5.74, 6) is -6.07. The number of halogens is 4. The highest BCUT2D eigenvalue weighted by atomic mass is 35.5. The van der Waals surface area contributed by atoms with Crippen molar-refractivity contribution in [2.75, 3.05) is 26.3 Å². The van der Waals surface area contributed by atoms with Gasteiger partial charge in [0.1, 0.15) is 22.9 Å². The highest BCUT2D eigenvalue weighted by molar-refractivity contribution is 6.33. The van der Waals surface area contributed by atoms with E-state index < -0.39 is 59.0 Å². The molecule has 1 fully saturated rings. The molecule has 4 aliphatic rings. The zero-order valence-corrected chi connectivity index (χ0v) is 25.7. The first kappa shape index (κ1) is 31.3. The Hall–Kier alpha value is -4.65. The molecule has 1 aliphatic heterocycles. The average Bonchev–Trinajstić information content (AvgIpc) is 3.27. The van der Waals surface area contributed by atoms with Crippen LogP contribution < -0.4 is 14.5 Å². The van der Waals surface area contributed by atoms with Crippen LogP contribution in [0.1, 0.15) is 36.9 Å². The van der Waals surface area contributed by atoms with Gasteiger partial charge in [-0.05, 0) is 43.9 Å². The van der Waals surface area contributed by atoms with E-state index in [-0.39, 0.29) is 57.6 Å². The summed E-state index contributed by atoms with van der Waals surface area (Å²) in [6.45, 7) is 1.53. The van der Waals surface area contributed by atoms with Gasteiger partial charge in [0.05, 0.1) is 31.1 Å². The van der Waals surface area contributed by atoms with E-state index in [9.17, 15) is 37.5 Å². The quantitative estimate of drug-likeness (QED) is 0.270. The number of fused-ring (bicyclic) bond motifs is 3. The van der Waals surface area contributed by atoms with E-state index in [4.69, 9.17) is 21.1 Å². The molecule has 2 amide bonds. The number of amides is 2. The number of alkyl halides is 3. The number of allylic oxidation sites excluding steroid dienone is 6. The van der Waals surface area contributed by atoms with Gasteiger partial charge in [-0.2, -0.15) is 18.2 Å². The lowest BCUT2D eigenvalue weighted by Crippen LogP contribution is -2.46. The third-order valence-electron chi connectivity index (χ3n) is 9.08. The maximum Gasteiger partial charge on any atom is 0.433 e. The third kappa shape index (κ3) is 4.67. The van der Waals surface area contributed by atoms with Gasteiger partial charge in [-0.3, -0.25) is 24.2 Å². The lowest BCUT2D eigenvalue weighted by atomic mass is 9.59. The number of hydrogen-bond acceptors (Lipinski definition) is 9. The molecule has 2 aromatic rings. The number of phenols is 1. The van der Waals surface area contributed by atoms with Gasteiger partial charge < -0.3 is 14.6 Å². The number of nitrogens with zero attached hydrogens (tertiary/aromatic N) is 3. The molecule has 14 heteroatoms. The molecular formula is C32H27ClF3N3O7. The van der Waals surface area contributed by atoms with Gasteiger partial charge in [0.15, 0.2) is 17.4 Å². The monoisotopic (exact) mass is 657 g/mol. The lowest BCUT2D eigenvalue weighted by Gasteiger charge is -2.42. The number of imide groups is 1. The topological polar surface area (TPSA) is 126 Å². The fourth-order valence-electron chi connectivity index (χ4n) is 7.09. The molecule has 3 aliphatic carbocycles. The second kappa shape index (κ2) is 11.0. The van der Waals surface area contributed by atoms with Crippen molar-refractivity contribution in [2.45, 2.75) is 31.9 Å². The summed E-state index contributed by atoms with van der Waals surface area (Å²) in [5.41, 5.74) is 0.275. The number of hydrogen-bond donors (Lipinski definition) is 1. The van der Waals surface area contributed by atoms with Crippen molar-refractivity contribution in [1.29, 1.82) is 0 Å². The molecule has 1 saturated heterocycles. The van der Waals surface area contributed by atoms with Gasteiger partial charge in [-0.25, -0.2) is 4.98 Å². The number of rotatable bonds is 5. The Morgan fingerprint density at radius 3 is 2.30 bits per heavy atom. The molecular weight excluding hydrogens is 631 g/mol. The van der Waals surface area contributed by atoms with E-state index in [1.165, 1.54) is 46.4 Å². The number of aromatic hydroxyl groups is 1. The van der Waals surface area contributed by atoms with Crippen molar-refractivity contribution in [3.63, 3.8) is 0 Å². The number of phenolic OH excluding ortho intramolecular Hbond substituents is 1. The molecule has 46 heavy (non-hydrogen) atoms. The number of ketones is 2. The molecule has 1 aromatic heterocycles. The van der Waals surface area contributed by atoms with E-state index in [1.807, 2.05) is 0 Å². The van der Waals surface area contributed by atoms with Gasteiger partial charge >= 0.3 is 6.18 Å². The lowest BCUT2D eigenvalue weighted by molar-refractivity contribution is -0.141. The summed E-state index contributed by atoms with van der Waals surface area (Å²) in [4.78, 5) is 58.8. The zero-order valence-electron chi connectivity index (χ0n) is 24.9. The zero-order chi connectivity index (χ0) is 33.4. The number of benzene rings is 1. The maximum atomic E-state index is 14.2. The van der Waals surface area contributed by atoms with Gasteiger partial charge in [-0.15, -0.1) is 0 Å². The number of carbonyl (C=O) groups excluding carboxylic acids is 4. The van der Waals surface area contributed by atoms with Crippen LogP contribution in [0.3, 0.4) is 0 Å². The number of pyridine rings is 1. The Balaban J connectivity index is 1.48. The molecule has 4 atom stereocenters. The van der Waals surface area contributed by atoms with E-state index in [1.54, 1.807) is 6.08 Å². The van der Waals surface area contributed by atoms with Crippen LogP contribution in [0.25, 0.3) is 0 Å². The molecule has 2 heterocycles. The number of ether oxygens (including phenoxy) is 2. The molecule has 1 aromatic carbocycles. The van der Waals surface area contributed by atoms with Crippen LogP contribution in [0, 0.1) is 17.8 Å². The Labute approximate surface area is 265 Å². The molecule has 0 bridgehead atoms. The number of hydrazine groups is 1. The van der Waals surface area contributed by atoms with Gasteiger partial charge in [0.2, 0.25) is 0 Å². The first-order valence-corrected chi connectivity index (χ1v) is 14.6. The number of aromatic nitrogens is 1. The van der Waals surface area contributed by atoms with Crippen LogP contribution >= 0.6 is 11.6 Å². The highest BCUT2D eigenvalue weighted by Gasteiger charge is 2.58. The molecule has 6 rings (SSSR count). The van der Waals surface area contributed by atoms with Crippen LogP contribution in [0.15, 0.2) is 58.7 Å². The summed E-state index contributed by atoms with van der Waals surface area (Å²) < 4.78 is 51.6. The summed E-state index contributed by atoms with van der Waals surface area (Å²) in [6.07, 6.45) is -1.77.